The van der Waals surface area contributed by atoms with Gasteiger partial charge in [0, 0.05) is 19.3 Å². The van der Waals surface area contributed by atoms with Crippen LogP contribution in [0.4, 0.5) is 0 Å². The molecule has 12 heteroatoms. The minimum absolute atomic E-state index is 0.0345. The summed E-state index contributed by atoms with van der Waals surface area (Å²) in [6, 6.07) is 0. The summed E-state index contributed by atoms with van der Waals surface area (Å²) in [6.07, 6.45) is 40.9. The van der Waals surface area contributed by atoms with E-state index in [0.717, 1.165) is 89.9 Å². The fourth-order valence-electron chi connectivity index (χ4n) is 8.18. The smallest absolute Gasteiger partial charge is 0.335 e. The molecule has 0 radical (unpaired) electrons. The Morgan fingerprint density at radius 2 is 0.913 bits per heavy atom. The maximum Gasteiger partial charge on any atom is 0.335 e. The highest BCUT2D eigenvalue weighted by molar-refractivity contribution is 5.74. The van der Waals surface area contributed by atoms with Gasteiger partial charge in [-0.25, -0.2) is 4.79 Å². The van der Waals surface area contributed by atoms with E-state index < -0.39 is 67.3 Å². The molecule has 0 saturated carbocycles. The second kappa shape index (κ2) is 45.8. The van der Waals surface area contributed by atoms with Crippen LogP contribution in [0.2, 0.25) is 0 Å². The van der Waals surface area contributed by atoms with Gasteiger partial charge in [0.05, 0.1) is 6.61 Å². The Balaban J connectivity index is 2.71. The predicted octanol–water partition coefficient (Wildman–Crippen LogP) is 13.4. The zero-order chi connectivity index (χ0) is 50.4. The first-order valence-electron chi connectivity index (χ1n) is 27.6. The molecular formula is C57H98O12. The summed E-state index contributed by atoms with van der Waals surface area (Å²) in [7, 11) is 0. The van der Waals surface area contributed by atoms with Crippen molar-refractivity contribution in [1.29, 1.82) is 0 Å². The Kier molecular flexibility index (Phi) is 42.3. The fraction of sp³-hybridized carbons (Fsp3) is 0.789. The molecule has 1 saturated heterocycles. The lowest BCUT2D eigenvalue weighted by Crippen LogP contribution is -2.61. The zero-order valence-corrected chi connectivity index (χ0v) is 43.6. The number of carboxylic acids is 1. The molecule has 1 aliphatic heterocycles. The number of ether oxygens (including phenoxy) is 5. The molecule has 0 bridgehead atoms. The molecule has 1 rings (SSSR count). The van der Waals surface area contributed by atoms with Crippen molar-refractivity contribution >= 4 is 23.9 Å². The van der Waals surface area contributed by atoms with E-state index in [1.54, 1.807) is 0 Å². The number of allylic oxidation sites excluding steroid dienone is 8. The van der Waals surface area contributed by atoms with Crippen molar-refractivity contribution in [3.05, 3.63) is 48.6 Å². The lowest BCUT2D eigenvalue weighted by atomic mass is 9.98. The van der Waals surface area contributed by atoms with Crippen LogP contribution < -0.4 is 0 Å². The van der Waals surface area contributed by atoms with Crippen LogP contribution in [0.5, 0.6) is 0 Å². The highest BCUT2D eigenvalue weighted by Gasteiger charge is 2.50. The van der Waals surface area contributed by atoms with Gasteiger partial charge in [-0.1, -0.05) is 211 Å². The van der Waals surface area contributed by atoms with Crippen molar-refractivity contribution in [2.45, 2.75) is 276 Å². The summed E-state index contributed by atoms with van der Waals surface area (Å²) in [5.74, 6) is -3.14. The average Bonchev–Trinajstić information content (AvgIpc) is 3.33. The number of carbonyl (C=O) groups excluding carboxylic acids is 3. The van der Waals surface area contributed by atoms with Crippen LogP contribution in [-0.4, -0.2) is 89.2 Å². The van der Waals surface area contributed by atoms with Crippen molar-refractivity contribution < 1.29 is 58.2 Å². The summed E-state index contributed by atoms with van der Waals surface area (Å²) < 4.78 is 28.3. The topological polar surface area (TPSA) is 175 Å². The molecule has 1 aliphatic rings. The van der Waals surface area contributed by atoms with Crippen LogP contribution >= 0.6 is 0 Å². The molecule has 398 valence electrons. The van der Waals surface area contributed by atoms with Crippen LogP contribution in [0, 0.1) is 0 Å². The van der Waals surface area contributed by atoms with Gasteiger partial charge in [0.2, 0.25) is 0 Å². The van der Waals surface area contributed by atoms with Crippen LogP contribution in [0.1, 0.15) is 239 Å². The highest BCUT2D eigenvalue weighted by atomic mass is 16.7. The lowest BCUT2D eigenvalue weighted by molar-refractivity contribution is -0.301. The summed E-state index contributed by atoms with van der Waals surface area (Å²) in [5.41, 5.74) is 0. The van der Waals surface area contributed by atoms with Gasteiger partial charge in [-0.05, 0) is 57.8 Å². The molecule has 0 aromatic carbocycles. The number of unbranched alkanes of at least 4 members (excludes halogenated alkanes) is 24. The summed E-state index contributed by atoms with van der Waals surface area (Å²) in [4.78, 5) is 50.9. The average molecular weight is 975 g/mol. The van der Waals surface area contributed by atoms with Crippen LogP contribution in [0.25, 0.3) is 0 Å². The van der Waals surface area contributed by atoms with Crippen LogP contribution in [0.3, 0.4) is 0 Å². The van der Waals surface area contributed by atoms with Crippen LogP contribution in [0.15, 0.2) is 48.6 Å². The largest absolute Gasteiger partial charge is 0.479 e. The zero-order valence-electron chi connectivity index (χ0n) is 43.6. The van der Waals surface area contributed by atoms with E-state index in [0.29, 0.717) is 19.3 Å². The number of carbonyl (C=O) groups is 4. The minimum Gasteiger partial charge on any atom is -0.479 e. The number of aliphatic carboxylic acids is 1. The van der Waals surface area contributed by atoms with Gasteiger partial charge >= 0.3 is 23.9 Å². The number of rotatable bonds is 46. The van der Waals surface area contributed by atoms with E-state index in [2.05, 4.69) is 69.4 Å². The Morgan fingerprint density at radius 3 is 1.39 bits per heavy atom. The molecule has 0 aliphatic carbocycles. The molecule has 1 heterocycles. The third-order valence-electron chi connectivity index (χ3n) is 12.4. The van der Waals surface area contributed by atoms with Crippen molar-refractivity contribution in [3.63, 3.8) is 0 Å². The molecule has 0 aromatic heterocycles. The van der Waals surface area contributed by atoms with E-state index >= 15 is 0 Å². The van der Waals surface area contributed by atoms with E-state index in [-0.39, 0.29) is 25.9 Å². The Bertz CT molecular complexity index is 1390. The van der Waals surface area contributed by atoms with Gasteiger partial charge in [-0.3, -0.25) is 14.4 Å². The Hall–Kier alpha value is -3.32. The number of hydrogen-bond acceptors (Lipinski definition) is 11. The molecule has 1 fully saturated rings. The number of hydrogen-bond donors (Lipinski definition) is 3. The number of carboxylic acid groups (broad SMARTS) is 1. The molecule has 6 unspecified atom stereocenters. The van der Waals surface area contributed by atoms with Crippen LogP contribution in [-0.2, 0) is 42.9 Å². The first-order chi connectivity index (χ1) is 33.6. The first-order valence-corrected chi connectivity index (χ1v) is 27.6. The summed E-state index contributed by atoms with van der Waals surface area (Å²) in [6.45, 7) is 5.84. The number of esters is 3. The van der Waals surface area contributed by atoms with Gasteiger partial charge in [0.1, 0.15) is 18.8 Å². The molecule has 6 atom stereocenters. The minimum atomic E-state index is -1.91. The molecular weight excluding hydrogens is 877 g/mol. The maximum absolute atomic E-state index is 13.1. The molecule has 0 amide bonds. The monoisotopic (exact) mass is 975 g/mol. The van der Waals surface area contributed by atoms with Gasteiger partial charge in [0.15, 0.2) is 24.6 Å². The van der Waals surface area contributed by atoms with Crippen molar-refractivity contribution in [2.75, 3.05) is 13.2 Å². The summed E-state index contributed by atoms with van der Waals surface area (Å²) in [5, 5.41) is 31.4. The van der Waals surface area contributed by atoms with Gasteiger partial charge in [0.25, 0.3) is 0 Å². The fourth-order valence-corrected chi connectivity index (χ4v) is 8.18. The third kappa shape index (κ3) is 36.3. The summed E-state index contributed by atoms with van der Waals surface area (Å²) >= 11 is 0. The molecule has 69 heavy (non-hydrogen) atoms. The number of aliphatic hydroxyl groups excluding tert-OH is 2. The highest BCUT2D eigenvalue weighted by Crippen LogP contribution is 2.26. The standard InChI is InChI=1S/C57H98O12/c1-4-7-10-13-16-19-22-23-24-25-26-27-30-33-36-39-42-45-51(60)68-55-53(62)52(61)54(56(63)64)69-57(55)66-47-48(67-50(59)44-41-38-35-32-29-21-18-15-12-9-6-3)46-65-49(58)43-40-37-34-31-28-20-17-14-11-8-5-2/h7,10,16,19,23-24,26-27,48,52-55,57,61-62H,4-6,8-9,11-15,17-18,20-22,25,28-47H2,1-3H3,(H,63,64)/b10-7-,19-16-,24-23-,27-26-. The molecule has 3 N–H and O–H groups in total. The quantitative estimate of drug-likeness (QED) is 0.0228. The molecule has 0 aromatic rings. The Labute approximate surface area is 418 Å². The first kappa shape index (κ1) is 63.7. The van der Waals surface area contributed by atoms with E-state index in [4.69, 9.17) is 23.7 Å². The van der Waals surface area contributed by atoms with E-state index in [1.807, 2.05) is 0 Å². The second-order valence-electron chi connectivity index (χ2n) is 18.9. The molecule has 12 nitrogen and oxygen atoms in total. The van der Waals surface area contributed by atoms with Gasteiger partial charge in [-0.2, -0.15) is 0 Å². The van der Waals surface area contributed by atoms with Gasteiger partial charge in [-0.15, -0.1) is 0 Å². The van der Waals surface area contributed by atoms with Crippen molar-refractivity contribution in [3.8, 4) is 0 Å². The Morgan fingerprint density at radius 1 is 0.493 bits per heavy atom. The van der Waals surface area contributed by atoms with E-state index in [1.165, 1.54) is 89.9 Å². The van der Waals surface area contributed by atoms with Gasteiger partial charge < -0.3 is 39.0 Å². The SMILES string of the molecule is CC/C=C\C/C=C\C/C=C\C/C=C\CCCCCCC(=O)OC1C(OCC(COC(=O)CCCCCCCCCCCCC)OC(=O)CCCCCCCCCCCCC)OC(C(=O)O)C(O)C1O. The third-order valence-corrected chi connectivity index (χ3v) is 12.4. The lowest BCUT2D eigenvalue weighted by Gasteiger charge is -2.40. The van der Waals surface area contributed by atoms with Crippen molar-refractivity contribution in [1.82, 2.24) is 0 Å². The van der Waals surface area contributed by atoms with Crippen molar-refractivity contribution in [2.24, 2.45) is 0 Å². The normalized spacial score (nSPS) is 19.0. The maximum atomic E-state index is 13.1. The number of aliphatic hydroxyl groups is 2. The molecule has 0 spiro atoms. The second-order valence-corrected chi connectivity index (χ2v) is 18.9. The van der Waals surface area contributed by atoms with E-state index in [9.17, 15) is 34.5 Å². The predicted molar refractivity (Wildman–Crippen MR) is 276 cm³/mol.